The molecule has 0 saturated carbocycles. The molecule has 1 aromatic carbocycles. The van der Waals surface area contributed by atoms with Crippen LogP contribution in [0.2, 0.25) is 0 Å². The van der Waals surface area contributed by atoms with Gasteiger partial charge in [-0.05, 0) is 18.1 Å². The summed E-state index contributed by atoms with van der Waals surface area (Å²) in [7, 11) is 0. The van der Waals surface area contributed by atoms with Crippen molar-refractivity contribution in [1.29, 1.82) is 0 Å². The first-order valence-electron chi connectivity index (χ1n) is 5.24. The Bertz CT molecular complexity index is 364. The lowest BCUT2D eigenvalue weighted by Gasteiger charge is -2.10. The van der Waals surface area contributed by atoms with Crippen LogP contribution in [0.1, 0.15) is 13.8 Å². The summed E-state index contributed by atoms with van der Waals surface area (Å²) in [5.74, 6) is 1.83. The molecule has 88 valence electrons. The van der Waals surface area contributed by atoms with E-state index in [0.29, 0.717) is 18.4 Å². The SMILES string of the molecule is CC(C)COc1ccccc1N=C(N)CCl. The molecule has 1 aromatic rings. The van der Waals surface area contributed by atoms with E-state index in [2.05, 4.69) is 18.8 Å². The van der Waals surface area contributed by atoms with Crippen LogP contribution in [0.5, 0.6) is 5.75 Å². The number of hydrogen-bond acceptors (Lipinski definition) is 2. The predicted octanol–water partition coefficient (Wildman–Crippen LogP) is 2.95. The Morgan fingerprint density at radius 3 is 2.75 bits per heavy atom. The zero-order valence-corrected chi connectivity index (χ0v) is 10.4. The molecule has 0 unspecified atom stereocenters. The molecule has 0 aromatic heterocycles. The van der Waals surface area contributed by atoms with Crippen molar-refractivity contribution in [2.24, 2.45) is 16.6 Å². The third-order valence-corrected chi connectivity index (χ3v) is 2.11. The first-order valence-corrected chi connectivity index (χ1v) is 5.77. The molecule has 2 N–H and O–H groups in total. The Balaban J connectivity index is 2.83. The maximum atomic E-state index is 5.64. The molecule has 0 bridgehead atoms. The first kappa shape index (κ1) is 12.8. The minimum atomic E-state index is 0.221. The van der Waals surface area contributed by atoms with Gasteiger partial charge in [0.15, 0.2) is 0 Å². The van der Waals surface area contributed by atoms with Gasteiger partial charge < -0.3 is 10.5 Å². The van der Waals surface area contributed by atoms with Gasteiger partial charge in [-0.25, -0.2) is 4.99 Å². The van der Waals surface area contributed by atoms with E-state index in [-0.39, 0.29) is 5.88 Å². The molecular weight excluding hydrogens is 224 g/mol. The minimum absolute atomic E-state index is 0.221. The van der Waals surface area contributed by atoms with Crippen molar-refractivity contribution in [3.8, 4) is 5.75 Å². The summed E-state index contributed by atoms with van der Waals surface area (Å²) in [4.78, 5) is 4.19. The minimum Gasteiger partial charge on any atom is -0.491 e. The summed E-state index contributed by atoms with van der Waals surface area (Å²) >= 11 is 5.59. The van der Waals surface area contributed by atoms with Crippen molar-refractivity contribution >= 4 is 23.1 Å². The quantitative estimate of drug-likeness (QED) is 0.489. The number of halogens is 1. The molecule has 16 heavy (non-hydrogen) atoms. The molecule has 0 amide bonds. The fourth-order valence-corrected chi connectivity index (χ4v) is 1.17. The van der Waals surface area contributed by atoms with Crippen LogP contribution < -0.4 is 10.5 Å². The second-order valence-corrected chi connectivity index (χ2v) is 4.18. The zero-order chi connectivity index (χ0) is 12.0. The predicted molar refractivity (Wildman–Crippen MR) is 68.8 cm³/mol. The lowest BCUT2D eigenvalue weighted by atomic mass is 10.2. The Kier molecular flexibility index (Phi) is 5.12. The molecule has 3 nitrogen and oxygen atoms in total. The highest BCUT2D eigenvalue weighted by atomic mass is 35.5. The topological polar surface area (TPSA) is 47.6 Å². The molecule has 0 heterocycles. The van der Waals surface area contributed by atoms with Crippen LogP contribution in [0.4, 0.5) is 5.69 Å². The fraction of sp³-hybridized carbons (Fsp3) is 0.417. The molecule has 0 spiro atoms. The van der Waals surface area contributed by atoms with Gasteiger partial charge in [-0.1, -0.05) is 26.0 Å². The van der Waals surface area contributed by atoms with E-state index in [1.807, 2.05) is 24.3 Å². The highest BCUT2D eigenvalue weighted by Crippen LogP contribution is 2.27. The number of aliphatic imine (C=N–C) groups is 1. The van der Waals surface area contributed by atoms with Gasteiger partial charge in [0.1, 0.15) is 17.3 Å². The van der Waals surface area contributed by atoms with Gasteiger partial charge in [-0.3, -0.25) is 0 Å². The van der Waals surface area contributed by atoms with E-state index < -0.39 is 0 Å². The molecule has 0 aliphatic carbocycles. The van der Waals surface area contributed by atoms with Crippen LogP contribution >= 0.6 is 11.6 Å². The molecule has 1 rings (SSSR count). The van der Waals surface area contributed by atoms with Crippen LogP contribution in [0.3, 0.4) is 0 Å². The highest BCUT2D eigenvalue weighted by Gasteiger charge is 2.03. The van der Waals surface area contributed by atoms with Gasteiger partial charge in [-0.15, -0.1) is 11.6 Å². The van der Waals surface area contributed by atoms with Gasteiger partial charge in [0.25, 0.3) is 0 Å². The number of nitrogens with two attached hydrogens (primary N) is 1. The molecule has 0 saturated heterocycles. The zero-order valence-electron chi connectivity index (χ0n) is 9.61. The van der Waals surface area contributed by atoms with Crippen LogP contribution in [0.25, 0.3) is 0 Å². The number of alkyl halides is 1. The molecule has 0 atom stereocenters. The van der Waals surface area contributed by atoms with E-state index >= 15 is 0 Å². The van der Waals surface area contributed by atoms with E-state index in [9.17, 15) is 0 Å². The van der Waals surface area contributed by atoms with E-state index in [4.69, 9.17) is 22.1 Å². The summed E-state index contributed by atoms with van der Waals surface area (Å²) in [5.41, 5.74) is 6.32. The maximum absolute atomic E-state index is 5.64. The number of amidine groups is 1. The summed E-state index contributed by atoms with van der Waals surface area (Å²) in [6.07, 6.45) is 0. The number of para-hydroxylation sites is 2. The lowest BCUT2D eigenvalue weighted by molar-refractivity contribution is 0.272. The van der Waals surface area contributed by atoms with Gasteiger partial charge in [0.2, 0.25) is 0 Å². The smallest absolute Gasteiger partial charge is 0.144 e. The average Bonchev–Trinajstić information content (AvgIpc) is 2.27. The van der Waals surface area contributed by atoms with Crippen LogP contribution in [-0.2, 0) is 0 Å². The normalized spacial score (nSPS) is 11.9. The van der Waals surface area contributed by atoms with Crippen molar-refractivity contribution in [3.63, 3.8) is 0 Å². The van der Waals surface area contributed by atoms with Gasteiger partial charge >= 0.3 is 0 Å². The summed E-state index contributed by atoms with van der Waals surface area (Å²) < 4.78 is 5.64. The molecule has 0 radical (unpaired) electrons. The Labute approximate surface area is 101 Å². The van der Waals surface area contributed by atoms with Crippen molar-refractivity contribution < 1.29 is 4.74 Å². The van der Waals surface area contributed by atoms with Crippen LogP contribution in [0.15, 0.2) is 29.3 Å². The molecule has 0 aliphatic rings. The lowest BCUT2D eigenvalue weighted by Crippen LogP contribution is -2.12. The summed E-state index contributed by atoms with van der Waals surface area (Å²) in [6, 6.07) is 7.53. The van der Waals surface area contributed by atoms with Crippen molar-refractivity contribution in [2.75, 3.05) is 12.5 Å². The first-order chi connectivity index (χ1) is 7.63. The number of rotatable bonds is 5. The number of hydrogen-bond donors (Lipinski definition) is 1. The highest BCUT2D eigenvalue weighted by molar-refractivity contribution is 6.28. The summed E-state index contributed by atoms with van der Waals surface area (Å²) in [5, 5.41) is 0. The van der Waals surface area contributed by atoms with Crippen LogP contribution in [0, 0.1) is 5.92 Å². The number of nitrogens with zero attached hydrogens (tertiary/aromatic N) is 1. The molecule has 0 fully saturated rings. The molecule has 0 aliphatic heterocycles. The summed E-state index contributed by atoms with van der Waals surface area (Å²) in [6.45, 7) is 4.85. The third kappa shape index (κ3) is 4.11. The second-order valence-electron chi connectivity index (χ2n) is 3.91. The average molecular weight is 241 g/mol. The Hall–Kier alpha value is -1.22. The second kappa shape index (κ2) is 6.38. The standard InChI is InChI=1S/C12H17ClN2O/c1-9(2)8-16-11-6-4-3-5-10(11)15-12(14)7-13/h3-6,9H,7-8H2,1-2H3,(H2,14,15). The van der Waals surface area contributed by atoms with E-state index in [1.165, 1.54) is 0 Å². The molecular formula is C12H17ClN2O. The van der Waals surface area contributed by atoms with Gasteiger partial charge in [0.05, 0.1) is 12.5 Å². The van der Waals surface area contributed by atoms with Crippen molar-refractivity contribution in [3.05, 3.63) is 24.3 Å². The van der Waals surface area contributed by atoms with Crippen molar-refractivity contribution in [2.45, 2.75) is 13.8 Å². The monoisotopic (exact) mass is 240 g/mol. The molecule has 4 heteroatoms. The van der Waals surface area contributed by atoms with Crippen LogP contribution in [-0.4, -0.2) is 18.3 Å². The van der Waals surface area contributed by atoms with Gasteiger partial charge in [-0.2, -0.15) is 0 Å². The Morgan fingerprint density at radius 1 is 1.44 bits per heavy atom. The third-order valence-electron chi connectivity index (χ3n) is 1.84. The van der Waals surface area contributed by atoms with Gasteiger partial charge in [0, 0.05) is 0 Å². The largest absolute Gasteiger partial charge is 0.491 e. The van der Waals surface area contributed by atoms with E-state index in [0.717, 1.165) is 11.4 Å². The maximum Gasteiger partial charge on any atom is 0.144 e. The Morgan fingerprint density at radius 2 is 2.12 bits per heavy atom. The fourth-order valence-electron chi connectivity index (χ4n) is 1.11. The van der Waals surface area contributed by atoms with E-state index in [1.54, 1.807) is 0 Å². The number of benzene rings is 1. The van der Waals surface area contributed by atoms with Crippen molar-refractivity contribution in [1.82, 2.24) is 0 Å². The number of ether oxygens (including phenoxy) is 1.